The molecule has 0 unspecified atom stereocenters. The van der Waals surface area contributed by atoms with Crippen LogP contribution in [0.2, 0.25) is 0 Å². The molecule has 1 aromatic carbocycles. The van der Waals surface area contributed by atoms with Gasteiger partial charge in [-0.3, -0.25) is 19.8 Å². The van der Waals surface area contributed by atoms with Crippen molar-refractivity contribution in [1.82, 2.24) is 15.1 Å². The van der Waals surface area contributed by atoms with Gasteiger partial charge in [0, 0.05) is 57.9 Å². The molecule has 0 atom stereocenters. The number of piperidine rings is 2. The van der Waals surface area contributed by atoms with Gasteiger partial charge in [0.2, 0.25) is 5.91 Å². The summed E-state index contributed by atoms with van der Waals surface area (Å²) in [4.78, 5) is 54.6. The molecule has 11 heteroatoms. The minimum atomic E-state index is -0.517. The third-order valence-electron chi connectivity index (χ3n) is 7.96. The van der Waals surface area contributed by atoms with Crippen molar-refractivity contribution in [1.29, 1.82) is 0 Å². The molecule has 0 radical (unpaired) electrons. The molecule has 3 saturated heterocycles. The fourth-order valence-electron chi connectivity index (χ4n) is 5.54. The summed E-state index contributed by atoms with van der Waals surface area (Å²) in [6.07, 6.45) is 4.64. The lowest BCUT2D eigenvalue weighted by molar-refractivity contribution is -0.120. The van der Waals surface area contributed by atoms with E-state index in [9.17, 15) is 19.2 Å². The highest BCUT2D eigenvalue weighted by molar-refractivity contribution is 6.07. The molecule has 0 bridgehead atoms. The van der Waals surface area contributed by atoms with Gasteiger partial charge in [0.15, 0.2) is 0 Å². The molecular weight excluding hydrogens is 528 g/mol. The van der Waals surface area contributed by atoms with Crippen LogP contribution in [0.15, 0.2) is 18.2 Å². The normalized spacial score (nSPS) is 19.3. The van der Waals surface area contributed by atoms with E-state index in [-0.39, 0.29) is 30.9 Å². The number of likely N-dealkylation sites (tertiary alicyclic amines) is 2. The highest BCUT2D eigenvalue weighted by Gasteiger charge is 2.30. The first-order valence-corrected chi connectivity index (χ1v) is 14.7. The molecule has 5 amide bonds. The quantitative estimate of drug-likeness (QED) is 0.467. The molecule has 0 saturated carbocycles. The van der Waals surface area contributed by atoms with Crippen LogP contribution in [0.1, 0.15) is 69.7 Å². The summed E-state index contributed by atoms with van der Waals surface area (Å²) >= 11 is 0. The maximum absolute atomic E-state index is 13.3. The molecule has 3 aliphatic rings. The summed E-state index contributed by atoms with van der Waals surface area (Å²) in [5.41, 5.74) is 0.487. The Morgan fingerprint density at radius 3 is 2.24 bits per heavy atom. The number of nitrogens with zero attached hydrogens (tertiary/aromatic N) is 3. The third-order valence-corrected chi connectivity index (χ3v) is 7.96. The molecule has 3 heterocycles. The number of amides is 5. The van der Waals surface area contributed by atoms with Crippen LogP contribution in [-0.2, 0) is 14.3 Å². The second-order valence-corrected chi connectivity index (χ2v) is 12.2. The third kappa shape index (κ3) is 8.34. The van der Waals surface area contributed by atoms with Crippen molar-refractivity contribution in [3.63, 3.8) is 0 Å². The van der Waals surface area contributed by atoms with Crippen LogP contribution in [0.3, 0.4) is 0 Å². The highest BCUT2D eigenvalue weighted by atomic mass is 16.6. The minimum Gasteiger partial charge on any atom is -0.495 e. The molecule has 41 heavy (non-hydrogen) atoms. The van der Waals surface area contributed by atoms with Gasteiger partial charge in [0.25, 0.3) is 5.91 Å². The first-order valence-electron chi connectivity index (χ1n) is 14.7. The predicted octanol–water partition coefficient (Wildman–Crippen LogP) is 4.05. The van der Waals surface area contributed by atoms with Crippen LogP contribution in [0.4, 0.5) is 15.3 Å². The molecular formula is C30H44N4O7. The van der Waals surface area contributed by atoms with E-state index < -0.39 is 11.6 Å². The largest absolute Gasteiger partial charge is 0.495 e. The van der Waals surface area contributed by atoms with E-state index in [2.05, 4.69) is 5.32 Å². The second-order valence-electron chi connectivity index (χ2n) is 12.2. The van der Waals surface area contributed by atoms with Crippen LogP contribution >= 0.6 is 0 Å². The molecule has 0 spiro atoms. The summed E-state index contributed by atoms with van der Waals surface area (Å²) in [7, 11) is 1.51. The number of hydrogen-bond acceptors (Lipinski definition) is 7. The maximum atomic E-state index is 13.3. The SMILES string of the molecule is COc1ccc(C(=O)N2CCC(COCCC3CCN(C(=O)OC(C)(C)C)CC3)CC2)cc1N1CCC(=O)NC1=O. The molecule has 11 nitrogen and oxygen atoms in total. The Labute approximate surface area is 242 Å². The Morgan fingerprint density at radius 1 is 0.951 bits per heavy atom. The first kappa shape index (κ1) is 30.6. The van der Waals surface area contributed by atoms with Gasteiger partial charge in [0.05, 0.1) is 12.8 Å². The Bertz CT molecular complexity index is 1100. The van der Waals surface area contributed by atoms with Crippen molar-refractivity contribution in [3.8, 4) is 5.75 Å². The number of carbonyl (C=O) groups is 4. The van der Waals surface area contributed by atoms with Gasteiger partial charge >= 0.3 is 12.1 Å². The number of carbonyl (C=O) groups excluding carboxylic acids is 4. The molecule has 4 rings (SSSR count). The average molecular weight is 573 g/mol. The van der Waals surface area contributed by atoms with Gasteiger partial charge in [-0.1, -0.05) is 0 Å². The van der Waals surface area contributed by atoms with E-state index >= 15 is 0 Å². The molecule has 1 N–H and O–H groups in total. The van der Waals surface area contributed by atoms with Crippen LogP contribution in [0.25, 0.3) is 0 Å². The first-order chi connectivity index (χ1) is 19.5. The number of hydrogen-bond donors (Lipinski definition) is 1. The molecule has 0 aromatic heterocycles. The minimum absolute atomic E-state index is 0.0838. The van der Waals surface area contributed by atoms with Gasteiger partial charge in [-0.2, -0.15) is 0 Å². The summed E-state index contributed by atoms with van der Waals surface area (Å²) in [5, 5.41) is 2.31. The standard InChI is InChI=1S/C30H44N4O7/c1-30(2,3)41-29(38)33-15-7-21(8-16-33)12-18-40-20-22-9-13-32(14-10-22)27(36)23-5-6-25(39-4)24(19-23)34-17-11-26(35)31-28(34)37/h5-6,19,21-22H,7-18,20H2,1-4H3,(H,31,35,37). The highest BCUT2D eigenvalue weighted by Crippen LogP contribution is 2.32. The molecule has 3 fully saturated rings. The Morgan fingerprint density at radius 2 is 1.61 bits per heavy atom. The van der Waals surface area contributed by atoms with Crippen molar-refractivity contribution in [3.05, 3.63) is 23.8 Å². The number of anilines is 1. The van der Waals surface area contributed by atoms with E-state index in [1.807, 2.05) is 25.7 Å². The number of nitrogens with one attached hydrogen (secondary N) is 1. The van der Waals surface area contributed by atoms with Crippen molar-refractivity contribution >= 4 is 29.6 Å². The number of imide groups is 1. The van der Waals surface area contributed by atoms with Crippen molar-refractivity contribution in [2.75, 3.05) is 57.9 Å². The van der Waals surface area contributed by atoms with E-state index in [0.29, 0.717) is 55.1 Å². The summed E-state index contributed by atoms with van der Waals surface area (Å²) < 4.78 is 16.9. The second kappa shape index (κ2) is 13.5. The van der Waals surface area contributed by atoms with Crippen LogP contribution in [0, 0.1) is 11.8 Å². The lowest BCUT2D eigenvalue weighted by Crippen LogP contribution is -2.49. The van der Waals surface area contributed by atoms with E-state index in [1.54, 1.807) is 23.1 Å². The van der Waals surface area contributed by atoms with Gasteiger partial charge in [-0.05, 0) is 82.9 Å². The summed E-state index contributed by atoms with van der Waals surface area (Å²) in [6, 6.07) is 4.55. The molecule has 0 aliphatic carbocycles. The Kier molecular flexibility index (Phi) is 10.1. The zero-order chi connectivity index (χ0) is 29.6. The van der Waals surface area contributed by atoms with Gasteiger partial charge < -0.3 is 24.0 Å². The topological polar surface area (TPSA) is 118 Å². The number of urea groups is 1. The van der Waals surface area contributed by atoms with Crippen LogP contribution in [-0.4, -0.2) is 92.4 Å². The predicted molar refractivity (Wildman–Crippen MR) is 153 cm³/mol. The van der Waals surface area contributed by atoms with Crippen molar-refractivity contribution in [2.45, 2.75) is 64.9 Å². The number of ether oxygens (including phenoxy) is 3. The monoisotopic (exact) mass is 572 g/mol. The molecule has 3 aliphatic heterocycles. The fourth-order valence-corrected chi connectivity index (χ4v) is 5.54. The Hall–Kier alpha value is -3.34. The lowest BCUT2D eigenvalue weighted by Gasteiger charge is -2.34. The molecule has 226 valence electrons. The smallest absolute Gasteiger partial charge is 0.410 e. The lowest BCUT2D eigenvalue weighted by atomic mass is 9.94. The zero-order valence-corrected chi connectivity index (χ0v) is 24.8. The van der Waals surface area contributed by atoms with Crippen molar-refractivity contribution < 1.29 is 33.4 Å². The van der Waals surface area contributed by atoms with Gasteiger partial charge in [-0.25, -0.2) is 9.59 Å². The van der Waals surface area contributed by atoms with E-state index in [0.717, 1.165) is 45.2 Å². The van der Waals surface area contributed by atoms with Crippen molar-refractivity contribution in [2.24, 2.45) is 11.8 Å². The van der Waals surface area contributed by atoms with Gasteiger partial charge in [-0.15, -0.1) is 0 Å². The molecule has 1 aromatic rings. The number of rotatable bonds is 8. The van der Waals surface area contributed by atoms with E-state index in [4.69, 9.17) is 14.2 Å². The number of benzene rings is 1. The fraction of sp³-hybridized carbons (Fsp3) is 0.667. The van der Waals surface area contributed by atoms with Crippen LogP contribution < -0.4 is 15.0 Å². The summed E-state index contributed by atoms with van der Waals surface area (Å²) in [5.74, 6) is 1.04. The maximum Gasteiger partial charge on any atom is 0.410 e. The van der Waals surface area contributed by atoms with Crippen LogP contribution in [0.5, 0.6) is 5.75 Å². The summed E-state index contributed by atoms with van der Waals surface area (Å²) in [6.45, 7) is 10.0. The van der Waals surface area contributed by atoms with E-state index in [1.165, 1.54) is 12.0 Å². The zero-order valence-electron chi connectivity index (χ0n) is 24.8. The average Bonchev–Trinajstić information content (AvgIpc) is 2.94. The number of methoxy groups -OCH3 is 1. The Balaban J connectivity index is 1.17. The van der Waals surface area contributed by atoms with Gasteiger partial charge in [0.1, 0.15) is 11.4 Å².